The average molecular weight is 287 g/mol. The fourth-order valence-corrected chi connectivity index (χ4v) is 1.63. The number of rotatable bonds is 2. The van der Waals surface area contributed by atoms with Gasteiger partial charge in [-0.2, -0.15) is 0 Å². The number of ether oxygens (including phenoxy) is 1. The first-order valence-corrected chi connectivity index (χ1v) is 7.39. The van der Waals surface area contributed by atoms with Crippen molar-refractivity contribution in [2.45, 2.75) is 31.5 Å². The lowest BCUT2D eigenvalue weighted by Crippen LogP contribution is -2.34. The lowest BCUT2D eigenvalue weighted by molar-refractivity contribution is 0.0588. The average Bonchev–Trinajstić information content (AvgIpc) is 2.24. The van der Waals surface area contributed by atoms with Crippen molar-refractivity contribution in [3.63, 3.8) is 0 Å². The summed E-state index contributed by atoms with van der Waals surface area (Å²) < 4.78 is 27.8. The third-order valence-corrected chi connectivity index (χ3v) is 2.82. The third kappa shape index (κ3) is 4.47. The smallest absolute Gasteiger partial charge is 0.415 e. The van der Waals surface area contributed by atoms with Crippen molar-refractivity contribution >= 4 is 21.7 Å². The van der Waals surface area contributed by atoms with E-state index >= 15 is 0 Å². The van der Waals surface area contributed by atoms with E-state index in [9.17, 15) is 13.2 Å². The van der Waals surface area contributed by atoms with Gasteiger partial charge < -0.3 is 4.74 Å². The zero-order valence-corrected chi connectivity index (χ0v) is 12.4. The van der Waals surface area contributed by atoms with Gasteiger partial charge in [0.1, 0.15) is 11.4 Å². The van der Waals surface area contributed by atoms with Crippen molar-refractivity contribution in [2.24, 2.45) is 0 Å². The summed E-state index contributed by atoms with van der Waals surface area (Å²) in [5, 5.41) is -0.333. The first kappa shape index (κ1) is 15.4. The number of anilines is 1. The molecule has 1 amide bonds. The molecule has 0 N–H and O–H groups in total. The number of sulfone groups is 1. The monoisotopic (exact) mass is 287 g/mol. The fraction of sp³-hybridized carbons (Fsp3) is 0.545. The second-order valence-corrected chi connectivity index (χ2v) is 6.92. The Morgan fingerprint density at radius 1 is 1.37 bits per heavy atom. The van der Waals surface area contributed by atoms with E-state index in [0.29, 0.717) is 0 Å². The van der Waals surface area contributed by atoms with E-state index in [1.165, 1.54) is 19.3 Å². The minimum Gasteiger partial charge on any atom is -0.443 e. The molecule has 0 bridgehead atoms. The lowest BCUT2D eigenvalue weighted by atomic mass is 10.2. The van der Waals surface area contributed by atoms with Crippen LogP contribution in [0.25, 0.3) is 0 Å². The first-order chi connectivity index (χ1) is 8.50. The highest BCUT2D eigenvalue weighted by molar-refractivity contribution is 7.90. The molecule has 8 heteroatoms. The molecule has 1 aromatic rings. The molecule has 19 heavy (non-hydrogen) atoms. The quantitative estimate of drug-likeness (QED) is 0.760. The van der Waals surface area contributed by atoms with E-state index in [1.807, 2.05) is 0 Å². The summed E-state index contributed by atoms with van der Waals surface area (Å²) in [5.74, 6) is 0.157. The Morgan fingerprint density at radius 3 is 2.42 bits per heavy atom. The number of amides is 1. The van der Waals surface area contributed by atoms with Crippen molar-refractivity contribution in [1.82, 2.24) is 9.97 Å². The Morgan fingerprint density at radius 2 is 1.95 bits per heavy atom. The molecule has 0 aliphatic rings. The van der Waals surface area contributed by atoms with Gasteiger partial charge in [0, 0.05) is 19.5 Å². The van der Waals surface area contributed by atoms with Crippen molar-refractivity contribution in [2.75, 3.05) is 18.2 Å². The molecule has 0 radical (unpaired) electrons. The van der Waals surface area contributed by atoms with Gasteiger partial charge in [-0.3, -0.25) is 4.90 Å². The molecule has 0 saturated carbocycles. The Labute approximate surface area is 112 Å². The minimum absolute atomic E-state index is 0.157. The fourth-order valence-electron chi connectivity index (χ4n) is 1.12. The summed E-state index contributed by atoms with van der Waals surface area (Å²) in [4.78, 5) is 20.4. The molecule has 0 spiro atoms. The maximum Gasteiger partial charge on any atom is 0.415 e. The second kappa shape index (κ2) is 5.12. The van der Waals surface area contributed by atoms with Crippen LogP contribution < -0.4 is 4.90 Å². The lowest BCUT2D eigenvalue weighted by Gasteiger charge is -2.24. The van der Waals surface area contributed by atoms with Crippen LogP contribution in [-0.4, -0.2) is 43.4 Å². The van der Waals surface area contributed by atoms with Crippen LogP contribution in [0.15, 0.2) is 17.4 Å². The van der Waals surface area contributed by atoms with E-state index in [-0.39, 0.29) is 11.0 Å². The Kier molecular flexibility index (Phi) is 4.14. The Balaban J connectivity index is 3.01. The highest BCUT2D eigenvalue weighted by Gasteiger charge is 2.22. The molecule has 1 aromatic heterocycles. The van der Waals surface area contributed by atoms with Crippen molar-refractivity contribution in [3.05, 3.63) is 12.3 Å². The molecule has 0 aliphatic carbocycles. The number of nitrogens with zero attached hydrogens (tertiary/aromatic N) is 3. The maximum absolute atomic E-state index is 11.8. The van der Waals surface area contributed by atoms with E-state index in [2.05, 4.69) is 9.97 Å². The molecule has 0 aromatic carbocycles. The summed E-state index contributed by atoms with van der Waals surface area (Å²) in [5.41, 5.74) is -0.641. The van der Waals surface area contributed by atoms with Gasteiger partial charge in [0.2, 0.25) is 15.0 Å². The second-order valence-electron chi connectivity index (χ2n) is 5.01. The van der Waals surface area contributed by atoms with Crippen molar-refractivity contribution in [3.8, 4) is 0 Å². The molecule has 7 nitrogen and oxygen atoms in total. The highest BCUT2D eigenvalue weighted by atomic mass is 32.2. The largest absolute Gasteiger partial charge is 0.443 e. The third-order valence-electron chi connectivity index (χ3n) is 1.96. The molecule has 0 atom stereocenters. The normalized spacial score (nSPS) is 12.1. The van der Waals surface area contributed by atoms with Crippen LogP contribution in [0.2, 0.25) is 0 Å². The van der Waals surface area contributed by atoms with Crippen LogP contribution in [0.1, 0.15) is 20.8 Å². The number of carbonyl (C=O) groups excluding carboxylic acids is 1. The molecule has 0 fully saturated rings. The molecular weight excluding hydrogens is 270 g/mol. The standard InChI is InChI=1S/C11H17N3O4S/c1-11(2,3)18-10(15)14(4)8-6-7-12-9(13-8)19(5,16)17/h6-7H,1-5H3. The molecule has 106 valence electrons. The maximum atomic E-state index is 11.8. The van der Waals surface area contributed by atoms with Gasteiger partial charge in [0.25, 0.3) is 0 Å². The van der Waals surface area contributed by atoms with Gasteiger partial charge in [0.05, 0.1) is 0 Å². The van der Waals surface area contributed by atoms with Crippen molar-refractivity contribution in [1.29, 1.82) is 0 Å². The zero-order valence-electron chi connectivity index (χ0n) is 11.5. The van der Waals surface area contributed by atoms with Crippen LogP contribution in [0, 0.1) is 0 Å². The molecule has 0 unspecified atom stereocenters. The number of hydrogen-bond acceptors (Lipinski definition) is 6. The van der Waals surface area contributed by atoms with Crippen LogP contribution in [-0.2, 0) is 14.6 Å². The summed E-state index contributed by atoms with van der Waals surface area (Å²) >= 11 is 0. The summed E-state index contributed by atoms with van der Waals surface area (Å²) in [6.45, 7) is 5.21. The van der Waals surface area contributed by atoms with Gasteiger partial charge >= 0.3 is 6.09 Å². The van der Waals surface area contributed by atoms with Crippen molar-refractivity contribution < 1.29 is 17.9 Å². The Bertz CT molecular complexity index is 578. The number of hydrogen-bond donors (Lipinski definition) is 0. The molecule has 0 aliphatic heterocycles. The van der Waals surface area contributed by atoms with Gasteiger partial charge in [0.15, 0.2) is 0 Å². The van der Waals surface area contributed by atoms with E-state index < -0.39 is 21.5 Å². The number of aromatic nitrogens is 2. The van der Waals surface area contributed by atoms with E-state index in [0.717, 1.165) is 11.2 Å². The van der Waals surface area contributed by atoms with Gasteiger partial charge in [-0.15, -0.1) is 0 Å². The van der Waals surface area contributed by atoms with Crippen LogP contribution in [0.5, 0.6) is 0 Å². The van der Waals surface area contributed by atoms with Gasteiger partial charge in [-0.25, -0.2) is 23.2 Å². The zero-order chi connectivity index (χ0) is 14.8. The highest BCUT2D eigenvalue weighted by Crippen LogP contribution is 2.15. The molecule has 1 rings (SSSR count). The van der Waals surface area contributed by atoms with Crippen LogP contribution in [0.4, 0.5) is 10.6 Å². The van der Waals surface area contributed by atoms with Crippen LogP contribution in [0.3, 0.4) is 0 Å². The molecular formula is C11H17N3O4S. The first-order valence-electron chi connectivity index (χ1n) is 5.50. The Hall–Kier alpha value is -1.70. The number of carbonyl (C=O) groups is 1. The molecule has 1 heterocycles. The minimum atomic E-state index is -3.52. The molecule has 0 saturated heterocycles. The van der Waals surface area contributed by atoms with Crippen LogP contribution >= 0.6 is 0 Å². The van der Waals surface area contributed by atoms with Gasteiger partial charge in [-0.1, -0.05) is 0 Å². The summed E-state index contributed by atoms with van der Waals surface area (Å²) in [6.07, 6.45) is 1.66. The summed E-state index contributed by atoms with van der Waals surface area (Å²) in [7, 11) is -2.07. The predicted molar refractivity (Wildman–Crippen MR) is 69.8 cm³/mol. The van der Waals surface area contributed by atoms with E-state index in [1.54, 1.807) is 20.8 Å². The van der Waals surface area contributed by atoms with Gasteiger partial charge in [-0.05, 0) is 26.8 Å². The topological polar surface area (TPSA) is 89.5 Å². The SMILES string of the molecule is CN(C(=O)OC(C)(C)C)c1ccnc(S(C)(=O)=O)n1. The van der Waals surface area contributed by atoms with E-state index in [4.69, 9.17) is 4.74 Å². The summed E-state index contributed by atoms with van der Waals surface area (Å²) in [6, 6.07) is 1.43. The predicted octanol–water partition coefficient (Wildman–Crippen LogP) is 1.25.